The molecule has 0 aromatic heterocycles. The molecule has 0 radical (unpaired) electrons. The van der Waals surface area contributed by atoms with Crippen LogP contribution in [0, 0.1) is 0 Å². The SMILES string of the molecule is CC/C(=C\CCOCc1ccccc1)C(=O)NOC. The molecule has 4 heteroatoms. The molecule has 4 nitrogen and oxygen atoms in total. The van der Waals surface area contributed by atoms with Gasteiger partial charge in [0.15, 0.2) is 0 Å². The second-order valence-corrected chi connectivity index (χ2v) is 4.05. The lowest BCUT2D eigenvalue weighted by molar-refractivity contribution is -0.127. The molecule has 0 bridgehead atoms. The van der Waals surface area contributed by atoms with E-state index in [-0.39, 0.29) is 5.91 Å². The predicted molar refractivity (Wildman–Crippen MR) is 74.2 cm³/mol. The average molecular weight is 263 g/mol. The van der Waals surface area contributed by atoms with Crippen LogP contribution in [0.2, 0.25) is 0 Å². The number of carbonyl (C=O) groups is 1. The van der Waals surface area contributed by atoms with Crippen LogP contribution in [0.4, 0.5) is 0 Å². The summed E-state index contributed by atoms with van der Waals surface area (Å²) in [6.45, 7) is 3.13. The van der Waals surface area contributed by atoms with E-state index in [2.05, 4.69) is 10.3 Å². The maximum atomic E-state index is 11.5. The lowest BCUT2D eigenvalue weighted by atomic mass is 10.1. The topological polar surface area (TPSA) is 47.6 Å². The first-order chi connectivity index (χ1) is 9.27. The van der Waals surface area contributed by atoms with Gasteiger partial charge in [-0.15, -0.1) is 0 Å². The van der Waals surface area contributed by atoms with Gasteiger partial charge in [-0.3, -0.25) is 9.63 Å². The number of benzene rings is 1. The number of rotatable bonds is 8. The zero-order chi connectivity index (χ0) is 13.9. The van der Waals surface area contributed by atoms with Crippen molar-refractivity contribution < 1.29 is 14.4 Å². The van der Waals surface area contributed by atoms with Gasteiger partial charge in [0.1, 0.15) is 0 Å². The van der Waals surface area contributed by atoms with Crippen molar-refractivity contribution in [2.45, 2.75) is 26.4 Å². The van der Waals surface area contributed by atoms with Crippen LogP contribution >= 0.6 is 0 Å². The minimum atomic E-state index is -0.187. The number of hydrogen-bond acceptors (Lipinski definition) is 3. The van der Waals surface area contributed by atoms with Crippen LogP contribution in [0.3, 0.4) is 0 Å². The van der Waals surface area contributed by atoms with Crippen LogP contribution in [-0.4, -0.2) is 19.6 Å². The Morgan fingerprint density at radius 1 is 1.32 bits per heavy atom. The van der Waals surface area contributed by atoms with Gasteiger partial charge >= 0.3 is 0 Å². The Labute approximate surface area is 114 Å². The summed E-state index contributed by atoms with van der Waals surface area (Å²) in [6.07, 6.45) is 3.28. The number of carbonyl (C=O) groups excluding carboxylic acids is 1. The van der Waals surface area contributed by atoms with Gasteiger partial charge in [0.2, 0.25) is 0 Å². The van der Waals surface area contributed by atoms with Crippen molar-refractivity contribution >= 4 is 5.91 Å². The van der Waals surface area contributed by atoms with Crippen molar-refractivity contribution in [2.24, 2.45) is 0 Å². The van der Waals surface area contributed by atoms with Crippen LogP contribution in [-0.2, 0) is 21.0 Å². The van der Waals surface area contributed by atoms with Crippen LogP contribution in [0.25, 0.3) is 0 Å². The molecule has 0 saturated carbocycles. The van der Waals surface area contributed by atoms with Gasteiger partial charge in [-0.25, -0.2) is 5.48 Å². The zero-order valence-electron chi connectivity index (χ0n) is 11.5. The summed E-state index contributed by atoms with van der Waals surface area (Å²) < 4.78 is 5.55. The third kappa shape index (κ3) is 6.18. The molecule has 104 valence electrons. The maximum Gasteiger partial charge on any atom is 0.270 e. The van der Waals surface area contributed by atoms with E-state index in [1.165, 1.54) is 7.11 Å². The molecule has 0 unspecified atom stereocenters. The van der Waals surface area contributed by atoms with Crippen LogP contribution in [0.1, 0.15) is 25.3 Å². The third-order valence-corrected chi connectivity index (χ3v) is 2.63. The first-order valence-corrected chi connectivity index (χ1v) is 6.42. The van der Waals surface area contributed by atoms with Gasteiger partial charge in [-0.2, -0.15) is 0 Å². The Bertz CT molecular complexity index is 401. The van der Waals surface area contributed by atoms with Crippen LogP contribution < -0.4 is 5.48 Å². The second-order valence-electron chi connectivity index (χ2n) is 4.05. The Morgan fingerprint density at radius 2 is 2.05 bits per heavy atom. The summed E-state index contributed by atoms with van der Waals surface area (Å²) in [7, 11) is 1.42. The van der Waals surface area contributed by atoms with Gasteiger partial charge in [-0.1, -0.05) is 43.3 Å². The molecule has 0 saturated heterocycles. The van der Waals surface area contributed by atoms with E-state index in [1.54, 1.807) is 0 Å². The van der Waals surface area contributed by atoms with Gasteiger partial charge in [0.25, 0.3) is 5.91 Å². The number of hydroxylamine groups is 1. The molecule has 1 N–H and O–H groups in total. The Morgan fingerprint density at radius 3 is 2.68 bits per heavy atom. The molecule has 1 amide bonds. The van der Waals surface area contributed by atoms with Crippen molar-refractivity contribution in [1.82, 2.24) is 5.48 Å². The normalized spacial score (nSPS) is 11.4. The van der Waals surface area contributed by atoms with Crippen molar-refractivity contribution in [3.63, 3.8) is 0 Å². The molecule has 1 aromatic rings. The molecule has 0 aliphatic rings. The highest BCUT2D eigenvalue weighted by Gasteiger charge is 2.05. The van der Waals surface area contributed by atoms with Crippen molar-refractivity contribution in [2.75, 3.05) is 13.7 Å². The molecule has 1 rings (SSSR count). The van der Waals surface area contributed by atoms with Crippen molar-refractivity contribution in [1.29, 1.82) is 0 Å². The van der Waals surface area contributed by atoms with E-state index in [0.29, 0.717) is 31.6 Å². The third-order valence-electron chi connectivity index (χ3n) is 2.63. The summed E-state index contributed by atoms with van der Waals surface area (Å²) in [6, 6.07) is 10.0. The molecule has 0 fully saturated rings. The van der Waals surface area contributed by atoms with Crippen LogP contribution in [0.15, 0.2) is 42.0 Å². The molecule has 0 spiro atoms. The predicted octanol–water partition coefficient (Wildman–Crippen LogP) is 2.61. The molecule has 0 aliphatic carbocycles. The number of amides is 1. The fraction of sp³-hybridized carbons (Fsp3) is 0.400. The molecule has 0 heterocycles. The molecule has 1 aromatic carbocycles. The average Bonchev–Trinajstić information content (AvgIpc) is 2.44. The van der Waals surface area contributed by atoms with E-state index in [1.807, 2.05) is 43.3 Å². The van der Waals surface area contributed by atoms with E-state index in [9.17, 15) is 4.79 Å². The van der Waals surface area contributed by atoms with Gasteiger partial charge in [0, 0.05) is 5.57 Å². The summed E-state index contributed by atoms with van der Waals surface area (Å²) in [5, 5.41) is 0. The lowest BCUT2D eigenvalue weighted by Gasteiger charge is -2.05. The van der Waals surface area contributed by atoms with Gasteiger partial charge in [0.05, 0.1) is 20.3 Å². The fourth-order valence-electron chi connectivity index (χ4n) is 1.64. The minimum Gasteiger partial charge on any atom is -0.376 e. The number of nitrogens with one attached hydrogen (secondary N) is 1. The Balaban J connectivity index is 2.26. The highest BCUT2D eigenvalue weighted by atomic mass is 16.6. The van der Waals surface area contributed by atoms with Crippen molar-refractivity contribution in [3.8, 4) is 0 Å². The van der Waals surface area contributed by atoms with Crippen LogP contribution in [0.5, 0.6) is 0 Å². The fourth-order valence-corrected chi connectivity index (χ4v) is 1.64. The smallest absolute Gasteiger partial charge is 0.270 e. The van der Waals surface area contributed by atoms with E-state index >= 15 is 0 Å². The first kappa shape index (κ1) is 15.4. The Hall–Kier alpha value is -1.65. The highest BCUT2D eigenvalue weighted by molar-refractivity contribution is 5.92. The highest BCUT2D eigenvalue weighted by Crippen LogP contribution is 2.04. The molecular formula is C15H21NO3. The quantitative estimate of drug-likeness (QED) is 0.445. The summed E-state index contributed by atoms with van der Waals surface area (Å²) in [5.74, 6) is -0.187. The molecule has 0 aliphatic heterocycles. The van der Waals surface area contributed by atoms with E-state index in [0.717, 1.165) is 5.56 Å². The van der Waals surface area contributed by atoms with E-state index in [4.69, 9.17) is 4.74 Å². The van der Waals surface area contributed by atoms with Gasteiger partial charge in [-0.05, 0) is 18.4 Å². The second kappa shape index (κ2) is 9.30. The molecular weight excluding hydrogens is 242 g/mol. The number of hydrogen-bond donors (Lipinski definition) is 1. The molecule has 19 heavy (non-hydrogen) atoms. The van der Waals surface area contributed by atoms with E-state index < -0.39 is 0 Å². The van der Waals surface area contributed by atoms with Gasteiger partial charge < -0.3 is 4.74 Å². The lowest BCUT2D eigenvalue weighted by Crippen LogP contribution is -2.23. The number of ether oxygens (including phenoxy) is 1. The first-order valence-electron chi connectivity index (χ1n) is 6.42. The summed E-state index contributed by atoms with van der Waals surface area (Å²) in [4.78, 5) is 16.1. The zero-order valence-corrected chi connectivity index (χ0v) is 11.5. The maximum absolute atomic E-state index is 11.5. The molecule has 0 atom stereocenters. The van der Waals surface area contributed by atoms with Crippen molar-refractivity contribution in [3.05, 3.63) is 47.5 Å². The summed E-state index contributed by atoms with van der Waals surface area (Å²) >= 11 is 0. The minimum absolute atomic E-state index is 0.187. The largest absolute Gasteiger partial charge is 0.376 e. The summed E-state index contributed by atoms with van der Waals surface area (Å²) in [5.41, 5.74) is 4.18. The Kier molecular flexibility index (Phi) is 7.54. The standard InChI is InChI=1S/C15H21NO3/c1-3-14(15(17)16-18-2)10-7-11-19-12-13-8-5-4-6-9-13/h4-6,8-10H,3,7,11-12H2,1-2H3,(H,16,17)/b14-10+. The monoisotopic (exact) mass is 263 g/mol.